The quantitative estimate of drug-likeness (QED) is 0.734. The fourth-order valence-electron chi connectivity index (χ4n) is 2.91. The molecule has 0 heterocycles. The Labute approximate surface area is 161 Å². The number of nitrogens with zero attached hydrogens (tertiary/aromatic N) is 1. The maximum Gasteiger partial charge on any atom is 0.247 e. The largest absolute Gasteiger partial charge is 0.497 e. The van der Waals surface area contributed by atoms with Crippen molar-refractivity contribution in [3.05, 3.63) is 65.7 Å². The molecule has 2 amide bonds. The Bertz CT molecular complexity index is 729. The number of amides is 2. The summed E-state index contributed by atoms with van der Waals surface area (Å²) in [6.07, 6.45) is 1.17. The minimum Gasteiger partial charge on any atom is -0.497 e. The van der Waals surface area contributed by atoms with E-state index < -0.39 is 6.04 Å². The lowest BCUT2D eigenvalue weighted by atomic mass is 10.0. The van der Waals surface area contributed by atoms with Gasteiger partial charge in [-0.3, -0.25) is 9.59 Å². The lowest BCUT2D eigenvalue weighted by Gasteiger charge is -2.31. The van der Waals surface area contributed by atoms with Crippen LogP contribution in [0.3, 0.4) is 0 Å². The van der Waals surface area contributed by atoms with Gasteiger partial charge in [-0.05, 0) is 29.7 Å². The van der Waals surface area contributed by atoms with E-state index in [1.165, 1.54) is 0 Å². The summed E-state index contributed by atoms with van der Waals surface area (Å²) in [6.45, 7) is 4.76. The van der Waals surface area contributed by atoms with Gasteiger partial charge in [0, 0.05) is 19.5 Å². The second kappa shape index (κ2) is 10.4. The summed E-state index contributed by atoms with van der Waals surface area (Å²) in [5.74, 6) is 0.539. The number of hydrogen-bond acceptors (Lipinski definition) is 3. The van der Waals surface area contributed by atoms with Gasteiger partial charge in [0.2, 0.25) is 11.8 Å². The molecule has 0 spiro atoms. The molecule has 0 radical (unpaired) electrons. The van der Waals surface area contributed by atoms with Crippen LogP contribution >= 0.6 is 0 Å². The Balaban J connectivity index is 2.37. The topological polar surface area (TPSA) is 58.6 Å². The van der Waals surface area contributed by atoms with Crippen molar-refractivity contribution in [3.63, 3.8) is 0 Å². The first kappa shape index (κ1) is 20.5. The Morgan fingerprint density at radius 2 is 1.70 bits per heavy atom. The highest BCUT2D eigenvalue weighted by Gasteiger charge is 2.30. The van der Waals surface area contributed by atoms with E-state index in [2.05, 4.69) is 5.32 Å². The predicted molar refractivity (Wildman–Crippen MR) is 106 cm³/mol. The molecular weight excluding hydrogens is 340 g/mol. The monoisotopic (exact) mass is 368 g/mol. The van der Waals surface area contributed by atoms with Gasteiger partial charge in [0.05, 0.1) is 7.11 Å². The van der Waals surface area contributed by atoms with E-state index in [1.807, 2.05) is 68.4 Å². The van der Waals surface area contributed by atoms with Gasteiger partial charge in [-0.1, -0.05) is 56.3 Å². The number of carbonyl (C=O) groups excluding carboxylic acids is 2. The van der Waals surface area contributed by atoms with Crippen LogP contribution in [-0.2, 0) is 16.1 Å². The fraction of sp³-hybridized carbons (Fsp3) is 0.364. The molecule has 0 aromatic heterocycles. The van der Waals surface area contributed by atoms with Crippen molar-refractivity contribution < 1.29 is 14.3 Å². The molecule has 0 aliphatic rings. The van der Waals surface area contributed by atoms with E-state index in [-0.39, 0.29) is 11.8 Å². The van der Waals surface area contributed by atoms with Gasteiger partial charge < -0.3 is 15.0 Å². The van der Waals surface area contributed by atoms with Crippen molar-refractivity contribution in [1.29, 1.82) is 0 Å². The number of benzene rings is 2. The van der Waals surface area contributed by atoms with Crippen LogP contribution in [-0.4, -0.2) is 30.4 Å². The van der Waals surface area contributed by atoms with Crippen LogP contribution < -0.4 is 10.1 Å². The number of nitrogens with one attached hydrogen (secondary N) is 1. The molecule has 0 aliphatic heterocycles. The minimum absolute atomic E-state index is 0.0636. The maximum absolute atomic E-state index is 12.9. The van der Waals surface area contributed by atoms with E-state index in [1.54, 1.807) is 12.0 Å². The zero-order valence-electron chi connectivity index (χ0n) is 16.3. The molecular formula is C22H28N2O3. The van der Waals surface area contributed by atoms with Crippen molar-refractivity contribution in [3.8, 4) is 5.75 Å². The lowest BCUT2D eigenvalue weighted by Crippen LogP contribution is -2.43. The van der Waals surface area contributed by atoms with Gasteiger partial charge in [0.1, 0.15) is 11.8 Å². The van der Waals surface area contributed by atoms with Crippen molar-refractivity contribution in [2.75, 3.05) is 13.7 Å². The van der Waals surface area contributed by atoms with Crippen LogP contribution in [0.5, 0.6) is 5.75 Å². The van der Waals surface area contributed by atoms with Gasteiger partial charge in [0.25, 0.3) is 0 Å². The van der Waals surface area contributed by atoms with Crippen molar-refractivity contribution in [2.24, 2.45) is 0 Å². The van der Waals surface area contributed by atoms with Crippen LogP contribution in [0.2, 0.25) is 0 Å². The lowest BCUT2D eigenvalue weighted by molar-refractivity contribution is -0.141. The number of rotatable bonds is 9. The second-order valence-electron chi connectivity index (χ2n) is 6.33. The van der Waals surface area contributed by atoms with Gasteiger partial charge in [0.15, 0.2) is 0 Å². The first-order valence-electron chi connectivity index (χ1n) is 9.35. The van der Waals surface area contributed by atoms with Crippen molar-refractivity contribution in [2.45, 2.75) is 39.3 Å². The molecule has 0 saturated heterocycles. The number of methoxy groups -OCH3 is 1. The molecule has 0 aliphatic carbocycles. The third-order valence-corrected chi connectivity index (χ3v) is 4.36. The van der Waals surface area contributed by atoms with Crippen molar-refractivity contribution >= 4 is 11.8 Å². The SMILES string of the molecule is CCCNC(=O)C(c1ccccc1)N(Cc1ccc(OC)cc1)C(=O)CC. The molecule has 1 unspecified atom stereocenters. The number of hydrogen-bond donors (Lipinski definition) is 1. The summed E-state index contributed by atoms with van der Waals surface area (Å²) >= 11 is 0. The predicted octanol–water partition coefficient (Wildman–Crippen LogP) is 3.70. The van der Waals surface area contributed by atoms with Gasteiger partial charge in [-0.25, -0.2) is 0 Å². The first-order chi connectivity index (χ1) is 13.1. The average Bonchev–Trinajstić information content (AvgIpc) is 2.72. The zero-order chi connectivity index (χ0) is 19.6. The van der Waals surface area contributed by atoms with Crippen LogP contribution in [0.4, 0.5) is 0 Å². The molecule has 5 nitrogen and oxygen atoms in total. The molecule has 0 saturated carbocycles. The van der Waals surface area contributed by atoms with Gasteiger partial charge in [-0.15, -0.1) is 0 Å². The fourth-order valence-corrected chi connectivity index (χ4v) is 2.91. The third-order valence-electron chi connectivity index (χ3n) is 4.36. The molecule has 1 atom stereocenters. The highest BCUT2D eigenvalue weighted by molar-refractivity contribution is 5.88. The van der Waals surface area contributed by atoms with Crippen LogP contribution in [0.15, 0.2) is 54.6 Å². The number of carbonyl (C=O) groups is 2. The Kier molecular flexibility index (Phi) is 7.86. The molecule has 1 N–H and O–H groups in total. The molecule has 0 fully saturated rings. The normalized spacial score (nSPS) is 11.5. The highest BCUT2D eigenvalue weighted by atomic mass is 16.5. The summed E-state index contributed by atoms with van der Waals surface area (Å²) in [7, 11) is 1.62. The van der Waals surface area contributed by atoms with Gasteiger partial charge in [-0.2, -0.15) is 0 Å². The third kappa shape index (κ3) is 5.58. The first-order valence-corrected chi connectivity index (χ1v) is 9.35. The Morgan fingerprint density at radius 3 is 2.26 bits per heavy atom. The maximum atomic E-state index is 12.9. The van der Waals surface area contributed by atoms with Gasteiger partial charge >= 0.3 is 0 Å². The summed E-state index contributed by atoms with van der Waals surface area (Å²) in [5.41, 5.74) is 1.75. The standard InChI is InChI=1S/C22H28N2O3/c1-4-15-23-22(26)21(18-9-7-6-8-10-18)24(20(25)5-2)16-17-11-13-19(27-3)14-12-17/h6-14,21H,4-5,15-16H2,1-3H3,(H,23,26). The molecule has 5 heteroatoms. The van der Waals surface area contributed by atoms with Crippen LogP contribution in [0.1, 0.15) is 43.9 Å². The second-order valence-corrected chi connectivity index (χ2v) is 6.33. The summed E-state index contributed by atoms with van der Waals surface area (Å²) < 4.78 is 5.20. The molecule has 27 heavy (non-hydrogen) atoms. The Hall–Kier alpha value is -2.82. The smallest absolute Gasteiger partial charge is 0.247 e. The minimum atomic E-state index is -0.660. The van der Waals surface area contributed by atoms with Crippen LogP contribution in [0, 0.1) is 0 Å². The van der Waals surface area contributed by atoms with Crippen LogP contribution in [0.25, 0.3) is 0 Å². The highest BCUT2D eigenvalue weighted by Crippen LogP contribution is 2.25. The summed E-state index contributed by atoms with van der Waals surface area (Å²) in [4.78, 5) is 27.3. The molecule has 2 aromatic rings. The molecule has 2 rings (SSSR count). The zero-order valence-corrected chi connectivity index (χ0v) is 16.3. The summed E-state index contributed by atoms with van der Waals surface area (Å²) in [5, 5.41) is 2.94. The summed E-state index contributed by atoms with van der Waals surface area (Å²) in [6, 6.07) is 16.3. The molecule has 2 aromatic carbocycles. The average molecular weight is 368 g/mol. The van der Waals surface area contributed by atoms with E-state index in [4.69, 9.17) is 4.74 Å². The molecule has 0 bridgehead atoms. The van der Waals surface area contributed by atoms with E-state index in [0.29, 0.717) is 19.5 Å². The van der Waals surface area contributed by atoms with Crippen molar-refractivity contribution in [1.82, 2.24) is 10.2 Å². The van der Waals surface area contributed by atoms with E-state index >= 15 is 0 Å². The van der Waals surface area contributed by atoms with E-state index in [9.17, 15) is 9.59 Å². The number of ether oxygens (including phenoxy) is 1. The molecule has 144 valence electrons. The Morgan fingerprint density at radius 1 is 1.04 bits per heavy atom. The van der Waals surface area contributed by atoms with E-state index in [0.717, 1.165) is 23.3 Å².